The van der Waals surface area contributed by atoms with Gasteiger partial charge in [0.15, 0.2) is 0 Å². The second-order valence-corrected chi connectivity index (χ2v) is 15.3. The molecule has 8 rings (SSSR count). The minimum atomic E-state index is -4.60. The molecule has 298 valence electrons. The van der Waals surface area contributed by atoms with Gasteiger partial charge in [-0.1, -0.05) is 37.5 Å². The maximum absolute atomic E-state index is 13.3. The van der Waals surface area contributed by atoms with Crippen LogP contribution in [0.5, 0.6) is 0 Å². The fraction of sp³-hybridized carbons (Fsp3) is 0.463. The molecular formula is C41H49F3N8O4. The summed E-state index contributed by atoms with van der Waals surface area (Å²) in [6.07, 6.45) is 6.82. The molecule has 3 fully saturated rings. The third kappa shape index (κ3) is 7.99. The number of hydrogen-bond acceptors (Lipinski definition) is 7. The van der Waals surface area contributed by atoms with Crippen molar-refractivity contribution in [1.82, 2.24) is 34.1 Å². The van der Waals surface area contributed by atoms with Crippen molar-refractivity contribution in [1.29, 1.82) is 0 Å². The van der Waals surface area contributed by atoms with Crippen LogP contribution in [0.4, 0.5) is 18.9 Å². The van der Waals surface area contributed by atoms with Crippen LogP contribution in [0.2, 0.25) is 0 Å². The van der Waals surface area contributed by atoms with E-state index in [2.05, 4.69) is 31.5 Å². The number of benzene rings is 2. The van der Waals surface area contributed by atoms with E-state index in [1.165, 1.54) is 62.2 Å². The quantitative estimate of drug-likeness (QED) is 0.174. The number of hydrogen-bond donors (Lipinski definition) is 2. The number of imide groups is 1. The molecule has 1 unspecified atom stereocenters. The number of pyridine rings is 1. The number of amides is 3. The van der Waals surface area contributed by atoms with Crippen LogP contribution in [0.15, 0.2) is 59.5 Å². The van der Waals surface area contributed by atoms with E-state index >= 15 is 0 Å². The monoisotopic (exact) mass is 774 g/mol. The van der Waals surface area contributed by atoms with E-state index in [1.54, 1.807) is 34.4 Å². The number of alkyl halides is 3. The van der Waals surface area contributed by atoms with Crippen LogP contribution in [0.3, 0.4) is 0 Å². The van der Waals surface area contributed by atoms with Crippen molar-refractivity contribution >= 4 is 45.3 Å². The first-order valence-electron chi connectivity index (χ1n) is 19.3. The molecule has 0 bridgehead atoms. The lowest BCUT2D eigenvalue weighted by Crippen LogP contribution is -2.45. The van der Waals surface area contributed by atoms with Gasteiger partial charge < -0.3 is 10.2 Å². The summed E-state index contributed by atoms with van der Waals surface area (Å²) in [6.45, 7) is 5.23. The highest BCUT2D eigenvalue weighted by molar-refractivity contribution is 6.04. The number of carbonyl (C=O) groups excluding carboxylic acids is 3. The largest absolute Gasteiger partial charge is 0.433 e. The van der Waals surface area contributed by atoms with E-state index in [9.17, 15) is 32.3 Å². The number of para-hydroxylation sites is 1. The zero-order chi connectivity index (χ0) is 39.7. The molecule has 1 aliphatic carbocycles. The van der Waals surface area contributed by atoms with E-state index in [0.29, 0.717) is 18.0 Å². The van der Waals surface area contributed by atoms with Gasteiger partial charge in [0.25, 0.3) is 11.8 Å². The smallest absolute Gasteiger partial charge is 0.320 e. The molecule has 15 heteroatoms. The fourth-order valence-electron chi connectivity index (χ4n) is 8.54. The Labute approximate surface area is 323 Å². The second-order valence-electron chi connectivity index (χ2n) is 15.3. The van der Waals surface area contributed by atoms with Gasteiger partial charge in [0, 0.05) is 39.6 Å². The zero-order valence-corrected chi connectivity index (χ0v) is 31.9. The van der Waals surface area contributed by atoms with E-state index in [4.69, 9.17) is 0 Å². The topological polar surface area (TPSA) is 138 Å². The lowest BCUT2D eigenvalue weighted by Gasteiger charge is -2.35. The van der Waals surface area contributed by atoms with Crippen LogP contribution in [-0.2, 0) is 22.8 Å². The molecule has 5 heterocycles. The molecule has 0 radical (unpaired) electrons. The van der Waals surface area contributed by atoms with E-state index < -0.39 is 23.8 Å². The Bertz CT molecular complexity index is 2320. The number of likely N-dealkylation sites (N-methyl/N-ethyl adjacent to an activating group) is 1. The molecule has 2 aromatic carbocycles. The number of rotatable bonds is 6. The van der Waals surface area contributed by atoms with Gasteiger partial charge >= 0.3 is 11.9 Å². The molecule has 0 spiro atoms. The summed E-state index contributed by atoms with van der Waals surface area (Å²) in [4.78, 5) is 57.4. The van der Waals surface area contributed by atoms with Gasteiger partial charge in [-0.15, -0.1) is 0 Å². The minimum Gasteiger partial charge on any atom is -0.320 e. The average Bonchev–Trinajstić information content (AvgIpc) is 3.75. The summed E-state index contributed by atoms with van der Waals surface area (Å²) in [5.41, 5.74) is 3.44. The number of H-pyrrole nitrogens is 1. The van der Waals surface area contributed by atoms with Crippen LogP contribution in [0.1, 0.15) is 98.5 Å². The number of nitrogens with one attached hydrogen (secondary N) is 2. The highest BCUT2D eigenvalue weighted by Gasteiger charge is 2.36. The number of anilines is 1. The van der Waals surface area contributed by atoms with Crippen molar-refractivity contribution in [3.63, 3.8) is 0 Å². The van der Waals surface area contributed by atoms with E-state index in [-0.39, 0.29) is 31.0 Å². The average molecular weight is 775 g/mol. The van der Waals surface area contributed by atoms with Crippen molar-refractivity contribution in [2.75, 3.05) is 32.0 Å². The first-order chi connectivity index (χ1) is 26.8. The predicted octanol–water partition coefficient (Wildman–Crippen LogP) is 7.20. The number of aromatic amines is 1. The Morgan fingerprint density at radius 2 is 1.70 bits per heavy atom. The Hall–Kier alpha value is -5.31. The number of imidazole rings is 1. The maximum atomic E-state index is 13.3. The van der Waals surface area contributed by atoms with Gasteiger partial charge in [0.1, 0.15) is 17.4 Å². The molecule has 2 aliphatic heterocycles. The van der Waals surface area contributed by atoms with Crippen LogP contribution in [-0.4, -0.2) is 78.5 Å². The number of nitrogens with zero attached hydrogens (tertiary/aromatic N) is 6. The predicted molar refractivity (Wildman–Crippen MR) is 208 cm³/mol. The number of aromatic nitrogens is 5. The minimum absolute atomic E-state index is 0. The SMILES string of the molecule is CN1C(=O)CCC(n2c(=O)n(C)c3c(C4CCN(CC5CCCCC5)CC4)cccc32)C1=O.Cc1cc2[nH]ncc2cc1NC(=O)c1cccc(C(F)(F)F)n1.[HH]. The summed E-state index contributed by atoms with van der Waals surface area (Å²) < 4.78 is 41.3. The van der Waals surface area contributed by atoms with E-state index in [0.717, 1.165) is 71.5 Å². The van der Waals surface area contributed by atoms with Gasteiger partial charge in [0.2, 0.25) is 5.91 Å². The molecule has 5 aromatic rings. The highest BCUT2D eigenvalue weighted by atomic mass is 19.4. The number of halogens is 3. The summed E-state index contributed by atoms with van der Waals surface area (Å²) in [5.74, 6) is 0.116. The van der Waals surface area contributed by atoms with Gasteiger partial charge in [-0.25, -0.2) is 9.78 Å². The molecular weight excluding hydrogens is 725 g/mol. The lowest BCUT2D eigenvalue weighted by molar-refractivity contribution is -0.149. The van der Waals surface area contributed by atoms with Gasteiger partial charge in [-0.05, 0) is 105 Å². The first-order valence-corrected chi connectivity index (χ1v) is 19.3. The van der Waals surface area contributed by atoms with E-state index in [1.807, 2.05) is 19.2 Å². The fourth-order valence-corrected chi connectivity index (χ4v) is 8.54. The van der Waals surface area contributed by atoms with Crippen molar-refractivity contribution < 1.29 is 29.0 Å². The number of piperidine rings is 2. The van der Waals surface area contributed by atoms with Crippen molar-refractivity contribution in [3.05, 3.63) is 87.7 Å². The number of likely N-dealkylation sites (tertiary alicyclic amines) is 2. The number of aryl methyl sites for hydroxylation is 2. The molecule has 3 aromatic heterocycles. The highest BCUT2D eigenvalue weighted by Crippen LogP contribution is 2.36. The summed E-state index contributed by atoms with van der Waals surface area (Å²) in [6, 6.07) is 12.2. The summed E-state index contributed by atoms with van der Waals surface area (Å²) in [5, 5.41) is 10.0. The van der Waals surface area contributed by atoms with Crippen molar-refractivity contribution in [2.45, 2.75) is 82.8 Å². The third-order valence-corrected chi connectivity index (χ3v) is 11.6. The number of fused-ring (bicyclic) bond motifs is 2. The van der Waals surface area contributed by atoms with Crippen LogP contribution >= 0.6 is 0 Å². The Balaban J connectivity index is 0.000000202. The molecule has 2 N–H and O–H groups in total. The zero-order valence-electron chi connectivity index (χ0n) is 31.9. The van der Waals surface area contributed by atoms with Crippen molar-refractivity contribution in [3.8, 4) is 0 Å². The Morgan fingerprint density at radius 1 is 0.964 bits per heavy atom. The standard InChI is InChI=1S/C26H36N4O3.C15H11F3N4O.H2/c1-27-23(31)12-11-22(25(27)32)30-21-10-6-9-20(24(21)28(2)26(30)33)19-13-15-29(16-14-19)17-18-7-4-3-5-8-18;1-8-5-12-9(7-19-22-12)6-11(8)21-14(23)10-3-2-4-13(20-10)15(16,17)18;/h6,9-10,18-19,22H,3-5,7-8,11-17H2,1-2H3;2-7H,1H3,(H,19,22)(H,21,23);1H. The molecule has 56 heavy (non-hydrogen) atoms. The van der Waals surface area contributed by atoms with Gasteiger partial charge in [-0.3, -0.25) is 33.5 Å². The van der Waals surface area contributed by atoms with Gasteiger partial charge in [0.05, 0.1) is 22.7 Å². The van der Waals surface area contributed by atoms with Gasteiger partial charge in [-0.2, -0.15) is 18.3 Å². The first kappa shape index (κ1) is 38.9. The molecule has 3 aliphatic rings. The third-order valence-electron chi connectivity index (χ3n) is 11.6. The molecule has 1 atom stereocenters. The normalized spacial score (nSPS) is 19.0. The van der Waals surface area contributed by atoms with Crippen LogP contribution < -0.4 is 11.0 Å². The Morgan fingerprint density at radius 3 is 2.43 bits per heavy atom. The molecule has 2 saturated heterocycles. The summed E-state index contributed by atoms with van der Waals surface area (Å²) in [7, 11) is 3.32. The Kier molecular flexibility index (Phi) is 11.2. The van der Waals surface area contributed by atoms with Crippen LogP contribution in [0, 0.1) is 12.8 Å². The second kappa shape index (κ2) is 16.0. The lowest BCUT2D eigenvalue weighted by atomic mass is 9.86. The van der Waals surface area contributed by atoms with Crippen molar-refractivity contribution in [2.24, 2.45) is 13.0 Å². The molecule has 3 amide bonds. The summed E-state index contributed by atoms with van der Waals surface area (Å²) >= 11 is 0. The number of carbonyl (C=O) groups is 3. The molecule has 1 saturated carbocycles. The molecule has 12 nitrogen and oxygen atoms in total. The van der Waals surface area contributed by atoms with Crippen LogP contribution in [0.25, 0.3) is 21.9 Å². The maximum Gasteiger partial charge on any atom is 0.433 e.